The number of rotatable bonds is 2. The summed E-state index contributed by atoms with van der Waals surface area (Å²) in [5, 5.41) is 0. The molecule has 6 heteroatoms. The van der Waals surface area contributed by atoms with E-state index in [2.05, 4.69) is 4.74 Å². The summed E-state index contributed by atoms with van der Waals surface area (Å²) in [5.74, 6) is -7.61. The Morgan fingerprint density at radius 2 is 1.47 bits per heavy atom. The Morgan fingerprint density at radius 3 is 1.87 bits per heavy atom. The summed E-state index contributed by atoms with van der Waals surface area (Å²) in [5.41, 5.74) is 4.78. The van der Waals surface area contributed by atoms with E-state index in [9.17, 15) is 17.6 Å². The third-order valence-corrected chi connectivity index (χ3v) is 1.92. The summed E-state index contributed by atoms with van der Waals surface area (Å²) in [6.45, 7) is 1.30. The largest absolute Gasteiger partial charge is 0.493 e. The number of benzene rings is 1. The van der Waals surface area contributed by atoms with Crippen LogP contribution in [0, 0.1) is 23.3 Å². The zero-order valence-electron chi connectivity index (χ0n) is 8.07. The summed E-state index contributed by atoms with van der Waals surface area (Å²) in [6.07, 6.45) is 0. The van der Waals surface area contributed by atoms with E-state index >= 15 is 0 Å². The van der Waals surface area contributed by atoms with Crippen LogP contribution in [0.3, 0.4) is 0 Å². The topological polar surface area (TPSA) is 35.2 Å². The summed E-state index contributed by atoms with van der Waals surface area (Å²) in [7, 11) is 1.01. The number of ether oxygens (including phenoxy) is 1. The Morgan fingerprint density at radius 1 is 1.00 bits per heavy atom. The first kappa shape index (κ1) is 11.8. The number of hydrogen-bond donors (Lipinski definition) is 1. The molecule has 1 aromatic rings. The van der Waals surface area contributed by atoms with Crippen LogP contribution in [0.25, 0.3) is 0 Å². The lowest BCUT2D eigenvalue weighted by Crippen LogP contribution is -2.14. The monoisotopic (exact) mass is 223 g/mol. The van der Waals surface area contributed by atoms with Crippen molar-refractivity contribution < 1.29 is 22.3 Å². The maximum atomic E-state index is 13.2. The van der Waals surface area contributed by atoms with Gasteiger partial charge in [0.05, 0.1) is 12.7 Å². The first-order chi connectivity index (χ1) is 6.91. The molecule has 0 fully saturated rings. The van der Waals surface area contributed by atoms with Gasteiger partial charge in [-0.3, -0.25) is 0 Å². The molecule has 1 unspecified atom stereocenters. The van der Waals surface area contributed by atoms with E-state index in [-0.39, 0.29) is 0 Å². The second kappa shape index (κ2) is 4.06. The van der Waals surface area contributed by atoms with Gasteiger partial charge in [-0.2, -0.15) is 4.39 Å². The minimum Gasteiger partial charge on any atom is -0.493 e. The number of halogens is 4. The molecule has 1 atom stereocenters. The number of hydrogen-bond acceptors (Lipinski definition) is 2. The summed E-state index contributed by atoms with van der Waals surface area (Å²) in [6, 6.07) is -1.01. The third-order valence-electron chi connectivity index (χ3n) is 1.92. The van der Waals surface area contributed by atoms with Gasteiger partial charge in [0.2, 0.25) is 11.6 Å². The van der Waals surface area contributed by atoms with E-state index in [1.807, 2.05) is 0 Å². The minimum absolute atomic E-state index is 0.520. The van der Waals surface area contributed by atoms with Gasteiger partial charge in [-0.15, -0.1) is 0 Å². The van der Waals surface area contributed by atoms with Gasteiger partial charge in [0.15, 0.2) is 17.4 Å². The van der Waals surface area contributed by atoms with Crippen molar-refractivity contribution in [3.8, 4) is 5.75 Å². The van der Waals surface area contributed by atoms with E-state index in [1.54, 1.807) is 0 Å². The predicted octanol–water partition coefficient (Wildman–Crippen LogP) is 2.27. The van der Waals surface area contributed by atoms with Crippen LogP contribution in [-0.2, 0) is 0 Å². The molecule has 0 radical (unpaired) electrons. The average Bonchev–Trinajstić information content (AvgIpc) is 2.19. The lowest BCUT2D eigenvalue weighted by Gasteiger charge is -2.14. The van der Waals surface area contributed by atoms with Crippen molar-refractivity contribution in [3.05, 3.63) is 28.8 Å². The molecule has 0 amide bonds. The number of nitrogens with two attached hydrogens (primary N) is 1. The van der Waals surface area contributed by atoms with Gasteiger partial charge in [-0.1, -0.05) is 0 Å². The highest BCUT2D eigenvalue weighted by Crippen LogP contribution is 2.33. The Labute approximate surface area is 83.6 Å². The maximum absolute atomic E-state index is 13.2. The fourth-order valence-electron chi connectivity index (χ4n) is 1.23. The molecule has 2 N–H and O–H groups in total. The van der Waals surface area contributed by atoms with Crippen molar-refractivity contribution in [1.82, 2.24) is 0 Å². The molecular formula is C9H9F4NO. The molecule has 0 spiro atoms. The van der Waals surface area contributed by atoms with Crippen molar-refractivity contribution in [2.24, 2.45) is 5.73 Å². The average molecular weight is 223 g/mol. The molecule has 0 aliphatic heterocycles. The molecule has 0 heterocycles. The molecule has 0 aliphatic rings. The zero-order valence-corrected chi connectivity index (χ0v) is 8.07. The highest BCUT2D eigenvalue weighted by Gasteiger charge is 2.27. The molecule has 15 heavy (non-hydrogen) atoms. The second-order valence-corrected chi connectivity index (χ2v) is 2.99. The van der Waals surface area contributed by atoms with Crippen molar-refractivity contribution in [2.75, 3.05) is 7.11 Å². The summed E-state index contributed by atoms with van der Waals surface area (Å²) < 4.78 is 56.4. The van der Waals surface area contributed by atoms with E-state index in [1.165, 1.54) is 6.92 Å². The van der Waals surface area contributed by atoms with Crippen LogP contribution in [-0.4, -0.2) is 7.11 Å². The van der Waals surface area contributed by atoms with Crippen LogP contribution in [0.2, 0.25) is 0 Å². The fourth-order valence-corrected chi connectivity index (χ4v) is 1.23. The van der Waals surface area contributed by atoms with Gasteiger partial charge in [0, 0.05) is 6.04 Å². The summed E-state index contributed by atoms with van der Waals surface area (Å²) in [4.78, 5) is 0. The minimum atomic E-state index is -1.91. The van der Waals surface area contributed by atoms with E-state index in [0.29, 0.717) is 0 Å². The highest BCUT2D eigenvalue weighted by molar-refractivity contribution is 5.39. The molecule has 84 valence electrons. The molecule has 0 aliphatic carbocycles. The van der Waals surface area contributed by atoms with E-state index < -0.39 is 40.6 Å². The van der Waals surface area contributed by atoms with Gasteiger partial charge in [0.1, 0.15) is 0 Å². The Balaban J connectivity index is 3.62. The Hall–Kier alpha value is -1.30. The molecule has 0 saturated heterocycles. The molecule has 2 nitrogen and oxygen atoms in total. The number of methoxy groups -OCH3 is 1. The fraction of sp³-hybridized carbons (Fsp3) is 0.333. The molecule has 0 bridgehead atoms. The van der Waals surface area contributed by atoms with Gasteiger partial charge < -0.3 is 10.5 Å². The van der Waals surface area contributed by atoms with Gasteiger partial charge in [0.25, 0.3) is 0 Å². The van der Waals surface area contributed by atoms with Gasteiger partial charge >= 0.3 is 0 Å². The van der Waals surface area contributed by atoms with Crippen LogP contribution >= 0.6 is 0 Å². The van der Waals surface area contributed by atoms with Crippen LogP contribution in [0.1, 0.15) is 18.5 Å². The normalized spacial score (nSPS) is 12.7. The van der Waals surface area contributed by atoms with E-state index in [0.717, 1.165) is 7.11 Å². The molecule has 1 aromatic carbocycles. The third kappa shape index (κ3) is 1.77. The Bertz CT molecular complexity index is 392. The quantitative estimate of drug-likeness (QED) is 0.474. The zero-order chi connectivity index (χ0) is 11.7. The van der Waals surface area contributed by atoms with Gasteiger partial charge in [-0.25, -0.2) is 13.2 Å². The SMILES string of the molecule is COc1c(F)c(F)c(F)c(F)c1C(C)N. The van der Waals surface area contributed by atoms with Crippen LogP contribution < -0.4 is 10.5 Å². The summed E-state index contributed by atoms with van der Waals surface area (Å²) >= 11 is 0. The molecular weight excluding hydrogens is 214 g/mol. The smallest absolute Gasteiger partial charge is 0.204 e. The van der Waals surface area contributed by atoms with Crippen LogP contribution in [0.15, 0.2) is 0 Å². The lowest BCUT2D eigenvalue weighted by atomic mass is 10.1. The maximum Gasteiger partial charge on any atom is 0.204 e. The molecule has 0 aromatic heterocycles. The first-order valence-electron chi connectivity index (χ1n) is 4.07. The van der Waals surface area contributed by atoms with Crippen molar-refractivity contribution in [2.45, 2.75) is 13.0 Å². The van der Waals surface area contributed by atoms with Crippen molar-refractivity contribution in [3.63, 3.8) is 0 Å². The van der Waals surface area contributed by atoms with Gasteiger partial charge in [-0.05, 0) is 6.92 Å². The van der Waals surface area contributed by atoms with Crippen LogP contribution in [0.5, 0.6) is 5.75 Å². The van der Waals surface area contributed by atoms with Crippen LogP contribution in [0.4, 0.5) is 17.6 Å². The standard InChI is InChI=1S/C9H9F4NO/c1-3(14)4-5(10)6(11)7(12)8(13)9(4)15-2/h3H,14H2,1-2H3. The Kier molecular flexibility index (Phi) is 3.18. The molecule has 1 rings (SSSR count). The van der Waals surface area contributed by atoms with Crippen molar-refractivity contribution in [1.29, 1.82) is 0 Å². The highest BCUT2D eigenvalue weighted by atomic mass is 19.2. The predicted molar refractivity (Wildman–Crippen MR) is 45.4 cm³/mol. The molecule has 0 saturated carbocycles. The lowest BCUT2D eigenvalue weighted by molar-refractivity contribution is 0.335. The van der Waals surface area contributed by atoms with Crippen molar-refractivity contribution >= 4 is 0 Å². The van der Waals surface area contributed by atoms with E-state index in [4.69, 9.17) is 5.73 Å². The first-order valence-corrected chi connectivity index (χ1v) is 4.07. The second-order valence-electron chi connectivity index (χ2n) is 2.99.